The quantitative estimate of drug-likeness (QED) is 0.516. The molecule has 2 heterocycles. The van der Waals surface area contributed by atoms with Gasteiger partial charge in [-0.2, -0.15) is 4.31 Å². The summed E-state index contributed by atoms with van der Waals surface area (Å²) in [5, 5.41) is 0. The van der Waals surface area contributed by atoms with Crippen LogP contribution in [0.5, 0.6) is 0 Å². The molecule has 1 saturated heterocycles. The Kier molecular flexibility index (Phi) is 6.12. The molecule has 0 N–H and O–H groups in total. The lowest BCUT2D eigenvalue weighted by atomic mass is 9.75. The van der Waals surface area contributed by atoms with E-state index in [-0.39, 0.29) is 43.0 Å². The van der Waals surface area contributed by atoms with Crippen LogP contribution in [0.1, 0.15) is 45.2 Å². The van der Waals surface area contributed by atoms with E-state index in [2.05, 4.69) is 4.98 Å². The molecule has 194 valence electrons. The Bertz CT molecular complexity index is 1280. The van der Waals surface area contributed by atoms with Crippen LogP contribution >= 0.6 is 0 Å². The van der Waals surface area contributed by atoms with Gasteiger partial charge in [-0.3, -0.25) is 4.98 Å². The number of aromatic nitrogens is 1. The number of nitrogens with zero attached hydrogens (tertiary/aromatic N) is 2. The molecule has 1 unspecified atom stereocenters. The highest BCUT2D eigenvalue weighted by molar-refractivity contribution is 7.88. The summed E-state index contributed by atoms with van der Waals surface area (Å²) < 4.78 is 75.8. The molecule has 1 spiro atoms. The number of ether oxygens (including phenoxy) is 1. The van der Waals surface area contributed by atoms with Crippen molar-refractivity contribution >= 4 is 16.1 Å². The van der Waals surface area contributed by atoms with Gasteiger partial charge in [0.05, 0.1) is 24.1 Å². The maximum atomic E-state index is 14.4. The zero-order chi connectivity index (χ0) is 25.9. The predicted octanol–water partition coefficient (Wildman–Crippen LogP) is 5.74. The zero-order valence-corrected chi connectivity index (χ0v) is 21.4. The predicted molar refractivity (Wildman–Crippen MR) is 132 cm³/mol. The van der Waals surface area contributed by atoms with E-state index in [9.17, 15) is 21.6 Å². The summed E-state index contributed by atoms with van der Waals surface area (Å²) >= 11 is 0. The van der Waals surface area contributed by atoms with Gasteiger partial charge in [0.2, 0.25) is 15.9 Å². The smallest absolute Gasteiger partial charge is 0.248 e. The molecule has 36 heavy (non-hydrogen) atoms. The number of sulfonamides is 1. The fourth-order valence-electron chi connectivity index (χ4n) is 6.86. The Morgan fingerprint density at radius 2 is 1.92 bits per heavy atom. The minimum Gasteiger partial charge on any atom is -0.358 e. The van der Waals surface area contributed by atoms with Gasteiger partial charge < -0.3 is 4.74 Å². The van der Waals surface area contributed by atoms with Crippen molar-refractivity contribution in [1.82, 2.24) is 9.29 Å². The number of pyridine rings is 1. The number of rotatable bonds is 4. The van der Waals surface area contributed by atoms with Crippen molar-refractivity contribution in [3.05, 3.63) is 60.2 Å². The van der Waals surface area contributed by atoms with Crippen molar-refractivity contribution in [2.45, 2.75) is 56.7 Å². The Morgan fingerprint density at radius 1 is 1.14 bits per heavy atom. The van der Waals surface area contributed by atoms with E-state index in [1.54, 1.807) is 32.2 Å². The molecule has 2 saturated carbocycles. The number of hydrogen-bond acceptors (Lipinski definition) is 4. The monoisotopic (exact) mass is 520 g/mol. The van der Waals surface area contributed by atoms with Crippen LogP contribution < -0.4 is 0 Å². The molecule has 2 aliphatic carbocycles. The van der Waals surface area contributed by atoms with Crippen LogP contribution in [0.4, 0.5) is 13.2 Å². The Hall–Kier alpha value is -2.23. The third-order valence-corrected chi connectivity index (χ3v) is 9.49. The summed E-state index contributed by atoms with van der Waals surface area (Å²) in [7, 11) is -3.69. The molecule has 0 bridgehead atoms. The molecule has 2 aromatic rings. The number of alkyl halides is 2. The fourth-order valence-corrected chi connectivity index (χ4v) is 8.62. The number of benzene rings is 1. The van der Waals surface area contributed by atoms with E-state index < -0.39 is 27.2 Å². The summed E-state index contributed by atoms with van der Waals surface area (Å²) in [6.45, 7) is 3.59. The molecular formula is C27H31F3N2O3S. The van der Waals surface area contributed by atoms with Crippen LogP contribution in [0.25, 0.3) is 17.2 Å². The van der Waals surface area contributed by atoms with Gasteiger partial charge >= 0.3 is 0 Å². The minimum atomic E-state index is -3.69. The van der Waals surface area contributed by atoms with Crippen LogP contribution in [0.15, 0.2) is 48.7 Å². The van der Waals surface area contributed by atoms with Gasteiger partial charge in [-0.1, -0.05) is 24.3 Å². The second-order valence-electron chi connectivity index (χ2n) is 11.0. The Balaban J connectivity index is 1.49. The van der Waals surface area contributed by atoms with E-state index >= 15 is 0 Å². The molecule has 1 aromatic heterocycles. The van der Waals surface area contributed by atoms with Crippen LogP contribution in [0.2, 0.25) is 0 Å². The lowest BCUT2D eigenvalue weighted by Crippen LogP contribution is -2.57. The van der Waals surface area contributed by atoms with Gasteiger partial charge in [0.1, 0.15) is 11.5 Å². The van der Waals surface area contributed by atoms with Crippen molar-refractivity contribution in [1.29, 1.82) is 0 Å². The first-order valence-corrected chi connectivity index (χ1v) is 14.1. The summed E-state index contributed by atoms with van der Waals surface area (Å²) in [6.07, 6.45) is 6.84. The molecular weight excluding hydrogens is 489 g/mol. The molecule has 4 atom stereocenters. The highest BCUT2D eigenvalue weighted by atomic mass is 32.2. The molecule has 0 radical (unpaired) electrons. The molecule has 9 heteroatoms. The van der Waals surface area contributed by atoms with E-state index in [0.29, 0.717) is 24.1 Å². The Morgan fingerprint density at radius 3 is 2.58 bits per heavy atom. The standard InChI is InChI=1S/C27H31F3N2O3S/c1-25(2)32(36(3,33)34)26(17-35-25)14-20-15-27(29,30)12-11-23(20)24(26)10-9-22-8-7-19(16-31-22)18-5-4-6-21(28)13-18/h4-10,13,16,20,23-24H,11-12,14-15,17H2,1-3H3/t20-,23-,24+,26?/m1/s1. The van der Waals surface area contributed by atoms with Crippen molar-refractivity contribution < 1.29 is 26.3 Å². The van der Waals surface area contributed by atoms with Crippen LogP contribution in [-0.4, -0.2) is 47.8 Å². The van der Waals surface area contributed by atoms with Gasteiger partial charge in [-0.05, 0) is 68.4 Å². The molecule has 1 aliphatic heterocycles. The first kappa shape index (κ1) is 25.4. The van der Waals surface area contributed by atoms with Gasteiger partial charge in [-0.25, -0.2) is 21.6 Å². The highest BCUT2D eigenvalue weighted by Gasteiger charge is 2.66. The number of fused-ring (bicyclic) bond motifs is 1. The fraction of sp³-hybridized carbons (Fsp3) is 0.519. The second-order valence-corrected chi connectivity index (χ2v) is 12.8. The lowest BCUT2D eigenvalue weighted by molar-refractivity contribution is -0.0659. The summed E-state index contributed by atoms with van der Waals surface area (Å²) in [4.78, 5) is 4.49. The maximum absolute atomic E-state index is 14.4. The van der Waals surface area contributed by atoms with Gasteiger partial charge in [0.15, 0.2) is 0 Å². The van der Waals surface area contributed by atoms with Crippen molar-refractivity contribution in [3.8, 4) is 11.1 Å². The van der Waals surface area contributed by atoms with Gasteiger partial charge in [0, 0.05) is 30.5 Å². The second kappa shape index (κ2) is 8.67. The molecule has 0 amide bonds. The lowest BCUT2D eigenvalue weighted by Gasteiger charge is -2.41. The normalized spacial score (nSPS) is 31.8. The first-order chi connectivity index (χ1) is 16.8. The van der Waals surface area contributed by atoms with Gasteiger partial charge in [-0.15, -0.1) is 0 Å². The largest absolute Gasteiger partial charge is 0.358 e. The SMILES string of the molecule is CC1(C)OCC2(C[C@@H]3CC(F)(F)CC[C@H]3[C@@H]2C=Cc2ccc(-c3cccc(F)c3)cn2)N1S(C)(=O)=O. The maximum Gasteiger partial charge on any atom is 0.248 e. The first-order valence-electron chi connectivity index (χ1n) is 12.2. The minimum absolute atomic E-state index is 0.0748. The summed E-state index contributed by atoms with van der Waals surface area (Å²) in [6, 6.07) is 9.93. The number of halogens is 3. The van der Waals surface area contributed by atoms with E-state index in [1.807, 2.05) is 24.3 Å². The average Bonchev–Trinajstić information content (AvgIpc) is 3.22. The topological polar surface area (TPSA) is 59.5 Å². The van der Waals surface area contributed by atoms with Crippen LogP contribution in [-0.2, 0) is 14.8 Å². The van der Waals surface area contributed by atoms with E-state index in [0.717, 1.165) is 11.8 Å². The summed E-state index contributed by atoms with van der Waals surface area (Å²) in [5.41, 5.74) is 0.144. The van der Waals surface area contributed by atoms with Crippen molar-refractivity contribution in [2.24, 2.45) is 17.8 Å². The van der Waals surface area contributed by atoms with Crippen molar-refractivity contribution in [3.63, 3.8) is 0 Å². The molecule has 3 aliphatic rings. The van der Waals surface area contributed by atoms with E-state index in [4.69, 9.17) is 4.74 Å². The third kappa shape index (κ3) is 4.50. The van der Waals surface area contributed by atoms with Crippen molar-refractivity contribution in [2.75, 3.05) is 12.9 Å². The number of hydrogen-bond donors (Lipinski definition) is 0. The molecule has 3 fully saturated rings. The average molecular weight is 521 g/mol. The summed E-state index contributed by atoms with van der Waals surface area (Å²) in [5.74, 6) is -3.73. The highest BCUT2D eigenvalue weighted by Crippen LogP contribution is 2.60. The van der Waals surface area contributed by atoms with E-state index in [1.165, 1.54) is 16.4 Å². The van der Waals surface area contributed by atoms with Gasteiger partial charge in [0.25, 0.3) is 0 Å². The van der Waals surface area contributed by atoms with Crippen LogP contribution in [0, 0.1) is 23.6 Å². The molecule has 5 rings (SSSR count). The molecule has 5 nitrogen and oxygen atoms in total. The zero-order valence-electron chi connectivity index (χ0n) is 20.6. The van der Waals surface area contributed by atoms with Crippen LogP contribution in [0.3, 0.4) is 0 Å². The molecule has 1 aromatic carbocycles. The third-order valence-electron chi connectivity index (χ3n) is 8.03. The Labute approximate surface area is 210 Å².